The molecule has 0 aliphatic rings. The zero-order valence-electron chi connectivity index (χ0n) is 18.3. The molecule has 0 unspecified atom stereocenters. The van der Waals surface area contributed by atoms with Crippen molar-refractivity contribution in [3.05, 3.63) is 77.4 Å². The van der Waals surface area contributed by atoms with Gasteiger partial charge in [-0.25, -0.2) is 17.7 Å². The summed E-state index contributed by atoms with van der Waals surface area (Å²) in [5, 5.41) is 2.84. The van der Waals surface area contributed by atoms with E-state index >= 15 is 0 Å². The van der Waals surface area contributed by atoms with E-state index in [9.17, 15) is 13.2 Å². The van der Waals surface area contributed by atoms with Gasteiger partial charge in [-0.3, -0.25) is 4.79 Å². The lowest BCUT2D eigenvalue weighted by molar-refractivity contribution is 0.102. The van der Waals surface area contributed by atoms with Gasteiger partial charge in [0, 0.05) is 30.9 Å². The van der Waals surface area contributed by atoms with Gasteiger partial charge in [-0.2, -0.15) is 0 Å². The van der Waals surface area contributed by atoms with Crippen molar-refractivity contribution in [1.29, 1.82) is 0 Å². The van der Waals surface area contributed by atoms with E-state index < -0.39 is 10.0 Å². The van der Waals surface area contributed by atoms with E-state index in [-0.39, 0.29) is 16.4 Å². The third-order valence-electron chi connectivity index (χ3n) is 5.45. The molecule has 0 aliphatic heterocycles. The summed E-state index contributed by atoms with van der Waals surface area (Å²) in [6.07, 6.45) is 0. The van der Waals surface area contributed by atoms with E-state index in [0.29, 0.717) is 11.3 Å². The monoisotopic (exact) mass is 448 g/mol. The first-order chi connectivity index (χ1) is 15.2. The molecule has 164 valence electrons. The summed E-state index contributed by atoms with van der Waals surface area (Å²) in [4.78, 5) is 20.9. The summed E-state index contributed by atoms with van der Waals surface area (Å²) in [5.41, 5.74) is 4.99. The van der Waals surface area contributed by atoms with Gasteiger partial charge in [-0.05, 0) is 73.5 Å². The van der Waals surface area contributed by atoms with Crippen LogP contribution in [0.3, 0.4) is 0 Å². The number of para-hydroxylation sites is 2. The second kappa shape index (κ2) is 8.22. The van der Waals surface area contributed by atoms with E-state index in [4.69, 9.17) is 0 Å². The molecule has 0 atom stereocenters. The molecule has 8 heteroatoms. The summed E-state index contributed by atoms with van der Waals surface area (Å²) in [6, 6.07) is 18.2. The van der Waals surface area contributed by atoms with E-state index in [1.165, 1.54) is 20.2 Å². The molecule has 0 fully saturated rings. The maximum atomic E-state index is 12.9. The number of carbonyl (C=O) groups is 1. The number of benzene rings is 3. The molecule has 1 aromatic heterocycles. The highest BCUT2D eigenvalue weighted by atomic mass is 32.2. The molecule has 32 heavy (non-hydrogen) atoms. The van der Waals surface area contributed by atoms with Crippen molar-refractivity contribution in [2.45, 2.75) is 18.7 Å². The number of anilines is 1. The Bertz CT molecular complexity index is 1390. The van der Waals surface area contributed by atoms with Gasteiger partial charge in [0.05, 0.1) is 15.9 Å². The van der Waals surface area contributed by atoms with Gasteiger partial charge >= 0.3 is 0 Å². The topological polar surface area (TPSA) is 95.2 Å². The number of fused-ring (bicyclic) bond motifs is 1. The first-order valence-electron chi connectivity index (χ1n) is 10.1. The quantitative estimate of drug-likeness (QED) is 0.475. The smallest absolute Gasteiger partial charge is 0.255 e. The molecule has 4 aromatic rings. The SMILES string of the molecule is Cc1cc(C(=O)Nc2ccc(-c3nc4ccccc4[nH]3)cc2)cc(S(=O)(=O)N(C)C)c1C. The van der Waals surface area contributed by atoms with Crippen LogP contribution in [0.5, 0.6) is 0 Å². The number of hydrogen-bond acceptors (Lipinski definition) is 4. The molecular formula is C24H24N4O3S. The Morgan fingerprint density at radius 1 is 1.00 bits per heavy atom. The van der Waals surface area contributed by atoms with Crippen molar-refractivity contribution in [2.24, 2.45) is 0 Å². The number of sulfonamides is 1. The molecule has 4 rings (SSSR count). The Kier molecular flexibility index (Phi) is 5.58. The van der Waals surface area contributed by atoms with Crippen molar-refractivity contribution in [2.75, 3.05) is 19.4 Å². The molecule has 0 saturated carbocycles. The normalized spacial score (nSPS) is 11.8. The summed E-state index contributed by atoms with van der Waals surface area (Å²) in [7, 11) is -0.718. The van der Waals surface area contributed by atoms with Crippen LogP contribution >= 0.6 is 0 Å². The Hall–Kier alpha value is -3.49. The van der Waals surface area contributed by atoms with Crippen LogP contribution < -0.4 is 5.32 Å². The summed E-state index contributed by atoms with van der Waals surface area (Å²) in [6.45, 7) is 3.53. The Balaban J connectivity index is 1.58. The zero-order valence-corrected chi connectivity index (χ0v) is 19.1. The number of H-pyrrole nitrogens is 1. The summed E-state index contributed by atoms with van der Waals surface area (Å²) >= 11 is 0. The Morgan fingerprint density at radius 2 is 1.69 bits per heavy atom. The van der Waals surface area contributed by atoms with Crippen molar-refractivity contribution in [1.82, 2.24) is 14.3 Å². The molecule has 0 aliphatic carbocycles. The minimum Gasteiger partial charge on any atom is -0.338 e. The molecule has 0 spiro atoms. The lowest BCUT2D eigenvalue weighted by atomic mass is 10.1. The highest BCUT2D eigenvalue weighted by Gasteiger charge is 2.23. The third kappa shape index (κ3) is 4.02. The molecule has 1 heterocycles. The van der Waals surface area contributed by atoms with Gasteiger partial charge in [0.2, 0.25) is 10.0 Å². The number of aromatic amines is 1. The van der Waals surface area contributed by atoms with Gasteiger partial charge in [0.1, 0.15) is 5.82 Å². The van der Waals surface area contributed by atoms with Crippen molar-refractivity contribution >= 4 is 32.7 Å². The predicted octanol–water partition coefficient (Wildman–Crippen LogP) is 4.35. The van der Waals surface area contributed by atoms with Crippen LogP contribution in [0.2, 0.25) is 0 Å². The molecule has 1 amide bonds. The standard InChI is InChI=1S/C24H24N4O3S/c1-15-13-18(14-22(16(15)2)32(30,31)28(3)4)24(29)25-19-11-9-17(10-12-19)23-26-20-7-5-6-8-21(20)27-23/h5-14H,1-4H3,(H,25,29)(H,26,27). The number of hydrogen-bond donors (Lipinski definition) is 2. The van der Waals surface area contributed by atoms with E-state index in [1.807, 2.05) is 36.4 Å². The zero-order chi connectivity index (χ0) is 23.0. The number of aromatic nitrogens is 2. The van der Waals surface area contributed by atoms with Gasteiger partial charge < -0.3 is 10.3 Å². The number of carbonyl (C=O) groups excluding carboxylic acids is 1. The molecule has 0 radical (unpaired) electrons. The fourth-order valence-electron chi connectivity index (χ4n) is 3.43. The van der Waals surface area contributed by atoms with Crippen LogP contribution in [-0.2, 0) is 10.0 Å². The van der Waals surface area contributed by atoms with Crippen LogP contribution in [0.4, 0.5) is 5.69 Å². The maximum absolute atomic E-state index is 12.9. The number of nitrogens with zero attached hydrogens (tertiary/aromatic N) is 2. The summed E-state index contributed by atoms with van der Waals surface area (Å²) in [5.74, 6) is 0.372. The fraction of sp³-hybridized carbons (Fsp3) is 0.167. The van der Waals surface area contributed by atoms with Crippen molar-refractivity contribution in [3.63, 3.8) is 0 Å². The number of amides is 1. The highest BCUT2D eigenvalue weighted by Crippen LogP contribution is 2.25. The minimum absolute atomic E-state index is 0.132. The van der Waals surface area contributed by atoms with Crippen LogP contribution in [0.25, 0.3) is 22.4 Å². The number of nitrogens with one attached hydrogen (secondary N) is 2. The second-order valence-electron chi connectivity index (χ2n) is 7.84. The summed E-state index contributed by atoms with van der Waals surface area (Å²) < 4.78 is 26.5. The molecule has 2 N–H and O–H groups in total. The van der Waals surface area contributed by atoms with Gasteiger partial charge in [0.15, 0.2) is 0 Å². The maximum Gasteiger partial charge on any atom is 0.255 e. The van der Waals surface area contributed by atoms with E-state index in [2.05, 4.69) is 15.3 Å². The van der Waals surface area contributed by atoms with E-state index in [0.717, 1.165) is 32.3 Å². The van der Waals surface area contributed by atoms with Crippen LogP contribution in [0, 0.1) is 13.8 Å². The average molecular weight is 449 g/mol. The third-order valence-corrected chi connectivity index (χ3v) is 7.39. The average Bonchev–Trinajstić information content (AvgIpc) is 3.20. The molecule has 0 saturated heterocycles. The van der Waals surface area contributed by atoms with Crippen LogP contribution in [0.15, 0.2) is 65.6 Å². The lowest BCUT2D eigenvalue weighted by Crippen LogP contribution is -2.24. The molecule has 0 bridgehead atoms. The van der Waals surface area contributed by atoms with Gasteiger partial charge in [-0.15, -0.1) is 0 Å². The molecular weight excluding hydrogens is 424 g/mol. The fourth-order valence-corrected chi connectivity index (χ4v) is 4.64. The molecule has 3 aromatic carbocycles. The minimum atomic E-state index is -3.66. The first-order valence-corrected chi connectivity index (χ1v) is 11.5. The molecule has 7 nitrogen and oxygen atoms in total. The van der Waals surface area contributed by atoms with Crippen LogP contribution in [0.1, 0.15) is 21.5 Å². The van der Waals surface area contributed by atoms with Crippen molar-refractivity contribution < 1.29 is 13.2 Å². The highest BCUT2D eigenvalue weighted by molar-refractivity contribution is 7.89. The van der Waals surface area contributed by atoms with Crippen LogP contribution in [-0.4, -0.2) is 42.7 Å². The Labute approximate surface area is 187 Å². The first kappa shape index (κ1) is 21.7. The Morgan fingerprint density at radius 3 is 2.34 bits per heavy atom. The van der Waals surface area contributed by atoms with Gasteiger partial charge in [0.25, 0.3) is 5.91 Å². The lowest BCUT2D eigenvalue weighted by Gasteiger charge is -2.16. The number of rotatable bonds is 5. The largest absolute Gasteiger partial charge is 0.338 e. The van der Waals surface area contributed by atoms with Gasteiger partial charge in [-0.1, -0.05) is 12.1 Å². The van der Waals surface area contributed by atoms with E-state index in [1.54, 1.807) is 32.0 Å². The predicted molar refractivity (Wildman–Crippen MR) is 126 cm³/mol. The number of imidazole rings is 1. The van der Waals surface area contributed by atoms with Crippen molar-refractivity contribution in [3.8, 4) is 11.4 Å². The number of aryl methyl sites for hydroxylation is 1. The second-order valence-corrected chi connectivity index (χ2v) is 9.96.